The van der Waals surface area contributed by atoms with Gasteiger partial charge in [-0.1, -0.05) is 6.92 Å². The Kier molecular flexibility index (Phi) is 7.12. The van der Waals surface area contributed by atoms with Crippen molar-refractivity contribution >= 4 is 5.91 Å². The number of hydrogen-bond donors (Lipinski definition) is 2. The Morgan fingerprint density at radius 1 is 1.23 bits per heavy atom. The van der Waals surface area contributed by atoms with E-state index in [4.69, 9.17) is 4.74 Å². The molecular formula is C17H33N3O2. The van der Waals surface area contributed by atoms with E-state index in [0.29, 0.717) is 24.3 Å². The molecule has 2 rings (SSSR count). The minimum absolute atomic E-state index is 0.186. The first kappa shape index (κ1) is 17.7. The summed E-state index contributed by atoms with van der Waals surface area (Å²) in [6.07, 6.45) is 3.06. The van der Waals surface area contributed by atoms with Gasteiger partial charge in [-0.3, -0.25) is 9.69 Å². The number of nitrogens with zero attached hydrogens (tertiary/aromatic N) is 1. The fraction of sp³-hybridized carbons (Fsp3) is 0.941. The van der Waals surface area contributed by atoms with Crippen molar-refractivity contribution in [2.45, 2.75) is 52.1 Å². The smallest absolute Gasteiger partial charge is 0.220 e. The highest BCUT2D eigenvalue weighted by Crippen LogP contribution is 2.24. The van der Waals surface area contributed by atoms with Crippen molar-refractivity contribution in [2.24, 2.45) is 11.8 Å². The first-order chi connectivity index (χ1) is 10.6. The number of carbonyl (C=O) groups excluding carboxylic acids is 1. The first-order valence-electron chi connectivity index (χ1n) is 8.89. The van der Waals surface area contributed by atoms with E-state index in [1.54, 1.807) is 0 Å². The Balaban J connectivity index is 1.72. The van der Waals surface area contributed by atoms with Crippen LogP contribution in [0.1, 0.15) is 40.0 Å². The molecule has 3 atom stereocenters. The van der Waals surface area contributed by atoms with Crippen LogP contribution in [0.25, 0.3) is 0 Å². The summed E-state index contributed by atoms with van der Waals surface area (Å²) in [4.78, 5) is 14.7. The lowest BCUT2D eigenvalue weighted by Gasteiger charge is -2.36. The molecule has 2 aliphatic rings. The lowest BCUT2D eigenvalue weighted by molar-refractivity contribution is -0.123. The summed E-state index contributed by atoms with van der Waals surface area (Å²) < 4.78 is 5.40. The van der Waals surface area contributed by atoms with Gasteiger partial charge in [-0.2, -0.15) is 0 Å². The van der Waals surface area contributed by atoms with Crippen LogP contribution in [0.4, 0.5) is 0 Å². The lowest BCUT2D eigenvalue weighted by Crippen LogP contribution is -2.52. The average Bonchev–Trinajstić information content (AvgIpc) is 2.55. The molecule has 0 aromatic heterocycles. The van der Waals surface area contributed by atoms with Gasteiger partial charge in [-0.05, 0) is 51.6 Å². The van der Waals surface area contributed by atoms with Gasteiger partial charge in [-0.25, -0.2) is 0 Å². The van der Waals surface area contributed by atoms with Gasteiger partial charge in [-0.15, -0.1) is 0 Å². The molecule has 2 aliphatic heterocycles. The van der Waals surface area contributed by atoms with Crippen LogP contribution in [0.15, 0.2) is 0 Å². The van der Waals surface area contributed by atoms with Crippen molar-refractivity contribution in [3.63, 3.8) is 0 Å². The Morgan fingerprint density at radius 2 is 1.86 bits per heavy atom. The minimum atomic E-state index is 0.186. The second-order valence-electron chi connectivity index (χ2n) is 7.01. The van der Waals surface area contributed by atoms with Gasteiger partial charge in [0.25, 0.3) is 0 Å². The van der Waals surface area contributed by atoms with Crippen LogP contribution in [0.2, 0.25) is 0 Å². The molecule has 128 valence electrons. The van der Waals surface area contributed by atoms with Crippen molar-refractivity contribution in [3.8, 4) is 0 Å². The van der Waals surface area contributed by atoms with Crippen molar-refractivity contribution in [1.29, 1.82) is 0 Å². The summed E-state index contributed by atoms with van der Waals surface area (Å²) >= 11 is 0. The van der Waals surface area contributed by atoms with Crippen molar-refractivity contribution in [3.05, 3.63) is 0 Å². The van der Waals surface area contributed by atoms with Gasteiger partial charge >= 0.3 is 0 Å². The number of piperidine rings is 1. The largest absolute Gasteiger partial charge is 0.379 e. The number of morpholine rings is 1. The number of carbonyl (C=O) groups is 1. The van der Waals surface area contributed by atoms with Crippen LogP contribution in [0.5, 0.6) is 0 Å². The molecule has 5 heteroatoms. The van der Waals surface area contributed by atoms with E-state index in [9.17, 15) is 4.79 Å². The number of ether oxygens (including phenoxy) is 1. The van der Waals surface area contributed by atoms with E-state index in [1.165, 1.54) is 12.8 Å². The maximum Gasteiger partial charge on any atom is 0.220 e. The molecule has 0 aromatic rings. The van der Waals surface area contributed by atoms with Gasteiger partial charge in [0.05, 0.1) is 13.2 Å². The minimum Gasteiger partial charge on any atom is -0.379 e. The maximum absolute atomic E-state index is 12.3. The predicted molar refractivity (Wildman–Crippen MR) is 88.8 cm³/mol. The zero-order valence-corrected chi connectivity index (χ0v) is 14.4. The molecule has 0 aliphatic carbocycles. The predicted octanol–water partition coefficient (Wildman–Crippen LogP) is 1.24. The fourth-order valence-corrected chi connectivity index (χ4v) is 3.61. The summed E-state index contributed by atoms with van der Waals surface area (Å²) in [6, 6.07) is 0.549. The third-order valence-electron chi connectivity index (χ3n) is 5.43. The van der Waals surface area contributed by atoms with E-state index in [1.807, 2.05) is 0 Å². The third kappa shape index (κ3) is 5.21. The normalized spacial score (nSPS) is 25.4. The van der Waals surface area contributed by atoms with E-state index in [2.05, 4.69) is 36.3 Å². The number of rotatable bonds is 6. The number of hydrogen-bond acceptors (Lipinski definition) is 4. The molecule has 0 bridgehead atoms. The zero-order valence-electron chi connectivity index (χ0n) is 14.4. The van der Waals surface area contributed by atoms with Crippen molar-refractivity contribution in [2.75, 3.05) is 39.4 Å². The van der Waals surface area contributed by atoms with Gasteiger partial charge in [0.1, 0.15) is 0 Å². The molecule has 0 spiro atoms. The average molecular weight is 311 g/mol. The Hall–Kier alpha value is -0.650. The molecule has 3 unspecified atom stereocenters. The van der Waals surface area contributed by atoms with Crippen LogP contribution >= 0.6 is 0 Å². The summed E-state index contributed by atoms with van der Waals surface area (Å²) in [6.45, 7) is 12.3. The van der Waals surface area contributed by atoms with Gasteiger partial charge in [0.15, 0.2) is 0 Å². The molecule has 0 radical (unpaired) electrons. The van der Waals surface area contributed by atoms with E-state index in [0.717, 1.165) is 39.4 Å². The second-order valence-corrected chi connectivity index (χ2v) is 7.01. The van der Waals surface area contributed by atoms with Crippen LogP contribution in [0, 0.1) is 11.8 Å². The highest BCUT2D eigenvalue weighted by Gasteiger charge is 2.25. The van der Waals surface area contributed by atoms with Crippen LogP contribution in [-0.4, -0.2) is 62.3 Å². The summed E-state index contributed by atoms with van der Waals surface area (Å²) in [7, 11) is 0. The molecule has 2 saturated heterocycles. The first-order valence-corrected chi connectivity index (χ1v) is 8.89. The molecule has 2 fully saturated rings. The topological polar surface area (TPSA) is 53.6 Å². The molecule has 2 heterocycles. The Bertz CT molecular complexity index is 339. The van der Waals surface area contributed by atoms with E-state index < -0.39 is 0 Å². The maximum atomic E-state index is 12.3. The lowest BCUT2D eigenvalue weighted by atomic mass is 9.84. The molecule has 5 nitrogen and oxygen atoms in total. The summed E-state index contributed by atoms with van der Waals surface area (Å²) in [5, 5.41) is 6.60. The highest BCUT2D eigenvalue weighted by molar-refractivity contribution is 5.76. The number of nitrogens with one attached hydrogen (secondary N) is 2. The molecule has 0 aromatic carbocycles. The highest BCUT2D eigenvalue weighted by atomic mass is 16.5. The van der Waals surface area contributed by atoms with Gasteiger partial charge < -0.3 is 15.4 Å². The van der Waals surface area contributed by atoms with Crippen molar-refractivity contribution in [1.82, 2.24) is 15.5 Å². The zero-order chi connectivity index (χ0) is 15.9. The molecule has 1 amide bonds. The van der Waals surface area contributed by atoms with Crippen LogP contribution in [-0.2, 0) is 9.53 Å². The molecule has 22 heavy (non-hydrogen) atoms. The molecular weight excluding hydrogens is 278 g/mol. The number of amides is 1. The fourth-order valence-electron chi connectivity index (χ4n) is 3.61. The quantitative estimate of drug-likeness (QED) is 0.775. The van der Waals surface area contributed by atoms with E-state index >= 15 is 0 Å². The Labute approximate surface area is 135 Å². The van der Waals surface area contributed by atoms with Crippen LogP contribution in [0.3, 0.4) is 0 Å². The van der Waals surface area contributed by atoms with Gasteiger partial charge in [0, 0.05) is 31.6 Å². The Morgan fingerprint density at radius 3 is 2.50 bits per heavy atom. The SMILES string of the molecule is CC(CC(=O)NC(C)C(C)N1CCOCC1)C1CCNCC1. The summed E-state index contributed by atoms with van der Waals surface area (Å²) in [5.41, 5.74) is 0. The van der Waals surface area contributed by atoms with Crippen molar-refractivity contribution < 1.29 is 9.53 Å². The molecule has 0 saturated carbocycles. The van der Waals surface area contributed by atoms with Crippen LogP contribution < -0.4 is 10.6 Å². The molecule has 2 N–H and O–H groups in total. The van der Waals surface area contributed by atoms with E-state index in [-0.39, 0.29) is 11.9 Å². The second kappa shape index (κ2) is 8.85. The summed E-state index contributed by atoms with van der Waals surface area (Å²) in [5.74, 6) is 1.38. The monoisotopic (exact) mass is 311 g/mol. The third-order valence-corrected chi connectivity index (χ3v) is 5.43. The standard InChI is InChI=1S/C17H33N3O2/c1-13(16-4-6-18-7-5-16)12-17(21)19-14(2)15(3)20-8-10-22-11-9-20/h13-16,18H,4-12H2,1-3H3,(H,19,21). The van der Waals surface area contributed by atoms with Gasteiger partial charge in [0.2, 0.25) is 5.91 Å².